The third-order valence-corrected chi connectivity index (χ3v) is 5.13. The second-order valence-corrected chi connectivity index (χ2v) is 7.16. The van der Waals surface area contributed by atoms with E-state index in [0.717, 1.165) is 21.7 Å². The summed E-state index contributed by atoms with van der Waals surface area (Å²) in [6.45, 7) is 3.84. The van der Waals surface area contributed by atoms with E-state index in [0.29, 0.717) is 17.2 Å². The second-order valence-electron chi connectivity index (χ2n) is 5.62. The van der Waals surface area contributed by atoms with Gasteiger partial charge in [-0.15, -0.1) is 11.8 Å². The first-order valence-electron chi connectivity index (χ1n) is 7.97. The number of nitrogens with one attached hydrogen (secondary N) is 2. The molecule has 0 saturated heterocycles. The summed E-state index contributed by atoms with van der Waals surface area (Å²) in [5, 5.41) is 6.17. The lowest BCUT2D eigenvalue weighted by Gasteiger charge is -2.12. The van der Waals surface area contributed by atoms with E-state index in [-0.39, 0.29) is 18.4 Å². The number of benzene rings is 2. The largest absolute Gasteiger partial charge is 0.347 e. The number of para-hydroxylation sites is 1. The minimum atomic E-state index is -0.232. The average molecular weight is 377 g/mol. The van der Waals surface area contributed by atoms with Crippen LogP contribution in [0.3, 0.4) is 0 Å². The smallest absolute Gasteiger partial charge is 0.243 e. The summed E-state index contributed by atoms with van der Waals surface area (Å²) in [5.74, 6) is 0.217. The van der Waals surface area contributed by atoms with Gasteiger partial charge in [0.25, 0.3) is 0 Å². The number of hydrogen-bond donors (Lipinski definition) is 2. The summed E-state index contributed by atoms with van der Waals surface area (Å²) in [6.07, 6.45) is 0.326. The molecule has 0 atom stereocenters. The van der Waals surface area contributed by atoms with Gasteiger partial charge in [-0.3, -0.25) is 9.59 Å². The molecule has 0 bridgehead atoms. The Morgan fingerprint density at radius 3 is 2.36 bits per heavy atom. The van der Waals surface area contributed by atoms with Crippen LogP contribution in [0.15, 0.2) is 47.4 Å². The fraction of sp³-hybridized carbons (Fsp3) is 0.263. The molecule has 0 heterocycles. The van der Waals surface area contributed by atoms with Gasteiger partial charge in [-0.2, -0.15) is 0 Å². The Balaban J connectivity index is 1.73. The van der Waals surface area contributed by atoms with Crippen molar-refractivity contribution in [3.63, 3.8) is 0 Å². The Kier molecular flexibility index (Phi) is 7.34. The highest BCUT2D eigenvalue weighted by atomic mass is 35.5. The summed E-state index contributed by atoms with van der Waals surface area (Å²) in [5.41, 5.74) is 2.79. The van der Waals surface area contributed by atoms with Crippen molar-refractivity contribution >= 4 is 40.9 Å². The number of thioether (sulfide) groups is 1. The maximum Gasteiger partial charge on any atom is 0.243 e. The summed E-state index contributed by atoms with van der Waals surface area (Å²) in [4.78, 5) is 24.8. The van der Waals surface area contributed by atoms with Gasteiger partial charge < -0.3 is 10.6 Å². The minimum Gasteiger partial charge on any atom is -0.347 e. The quantitative estimate of drug-likeness (QED) is 0.712. The van der Waals surface area contributed by atoms with E-state index in [1.165, 1.54) is 11.8 Å². The van der Waals surface area contributed by atoms with Crippen LogP contribution in [0.5, 0.6) is 0 Å². The number of hydrogen-bond acceptors (Lipinski definition) is 3. The van der Waals surface area contributed by atoms with E-state index >= 15 is 0 Å². The first kappa shape index (κ1) is 19.3. The number of carbonyl (C=O) groups is 2. The average Bonchev–Trinajstić information content (AvgIpc) is 2.58. The standard InChI is InChI=1S/C19H21ClN2O2S/c1-13-6-5-7-14(2)19(13)22-18(24)12-21-17(23)10-11-25-16-9-4-3-8-15(16)20/h3-9H,10-12H2,1-2H3,(H,21,23)(H,22,24). The molecule has 0 aliphatic rings. The fourth-order valence-corrected chi connectivity index (χ4v) is 3.47. The van der Waals surface area contributed by atoms with Crippen molar-refractivity contribution < 1.29 is 9.59 Å². The molecule has 0 unspecified atom stereocenters. The van der Waals surface area contributed by atoms with E-state index in [2.05, 4.69) is 10.6 Å². The Labute approximate surface area is 157 Å². The van der Waals surface area contributed by atoms with Crippen molar-refractivity contribution in [1.82, 2.24) is 5.32 Å². The zero-order valence-corrected chi connectivity index (χ0v) is 15.8. The zero-order valence-electron chi connectivity index (χ0n) is 14.3. The van der Waals surface area contributed by atoms with E-state index in [1.807, 2.05) is 56.3 Å². The van der Waals surface area contributed by atoms with E-state index < -0.39 is 0 Å². The molecule has 6 heteroatoms. The first-order chi connectivity index (χ1) is 12.0. The Morgan fingerprint density at radius 2 is 1.68 bits per heavy atom. The molecule has 0 radical (unpaired) electrons. The van der Waals surface area contributed by atoms with Crippen LogP contribution in [0, 0.1) is 13.8 Å². The number of halogens is 1. The van der Waals surface area contributed by atoms with Crippen molar-refractivity contribution in [2.24, 2.45) is 0 Å². The molecule has 0 aliphatic carbocycles. The SMILES string of the molecule is Cc1cccc(C)c1NC(=O)CNC(=O)CCSc1ccccc1Cl. The third-order valence-electron chi connectivity index (χ3n) is 3.61. The van der Waals surface area contributed by atoms with Crippen LogP contribution >= 0.6 is 23.4 Å². The normalized spacial score (nSPS) is 10.4. The fourth-order valence-electron chi connectivity index (χ4n) is 2.28. The predicted molar refractivity (Wildman–Crippen MR) is 104 cm³/mol. The van der Waals surface area contributed by atoms with Gasteiger partial charge in [-0.1, -0.05) is 41.9 Å². The number of amides is 2. The molecule has 0 spiro atoms. The highest BCUT2D eigenvalue weighted by Crippen LogP contribution is 2.26. The summed E-state index contributed by atoms with van der Waals surface area (Å²) in [7, 11) is 0. The molecule has 2 rings (SSSR count). The molecule has 4 nitrogen and oxygen atoms in total. The lowest BCUT2D eigenvalue weighted by molar-refractivity contribution is -0.123. The second kappa shape index (κ2) is 9.49. The van der Waals surface area contributed by atoms with Crippen LogP contribution in [0.4, 0.5) is 5.69 Å². The van der Waals surface area contributed by atoms with Gasteiger partial charge in [0.2, 0.25) is 11.8 Å². The molecular weight excluding hydrogens is 356 g/mol. The Morgan fingerprint density at radius 1 is 1.00 bits per heavy atom. The Hall–Kier alpha value is -1.98. The van der Waals surface area contributed by atoms with Gasteiger partial charge in [0.05, 0.1) is 11.6 Å². The van der Waals surface area contributed by atoms with Crippen LogP contribution in [0.1, 0.15) is 17.5 Å². The Bertz CT molecular complexity index is 745. The third kappa shape index (κ3) is 6.11. The maximum absolute atomic E-state index is 12.0. The molecule has 132 valence electrons. The van der Waals surface area contributed by atoms with Crippen molar-refractivity contribution in [2.45, 2.75) is 25.2 Å². The molecule has 0 aliphatic heterocycles. The first-order valence-corrected chi connectivity index (χ1v) is 9.34. The van der Waals surface area contributed by atoms with Gasteiger partial charge in [0, 0.05) is 22.8 Å². The predicted octanol–water partition coefficient (Wildman–Crippen LogP) is 4.19. The zero-order chi connectivity index (χ0) is 18.2. The van der Waals surface area contributed by atoms with Crippen LogP contribution in [-0.4, -0.2) is 24.1 Å². The number of anilines is 1. The summed E-state index contributed by atoms with van der Waals surface area (Å²) < 4.78 is 0. The van der Waals surface area contributed by atoms with Crippen LogP contribution in [0.2, 0.25) is 5.02 Å². The molecule has 2 amide bonds. The highest BCUT2D eigenvalue weighted by Gasteiger charge is 2.09. The molecule has 0 fully saturated rings. The van der Waals surface area contributed by atoms with E-state index in [1.54, 1.807) is 0 Å². The van der Waals surface area contributed by atoms with Crippen molar-refractivity contribution in [2.75, 3.05) is 17.6 Å². The number of aryl methyl sites for hydroxylation is 2. The van der Waals surface area contributed by atoms with Gasteiger partial charge in [0.15, 0.2) is 0 Å². The molecule has 25 heavy (non-hydrogen) atoms. The van der Waals surface area contributed by atoms with Crippen LogP contribution < -0.4 is 10.6 Å². The topological polar surface area (TPSA) is 58.2 Å². The van der Waals surface area contributed by atoms with Crippen molar-refractivity contribution in [3.8, 4) is 0 Å². The molecule has 0 saturated carbocycles. The summed E-state index contributed by atoms with van der Waals surface area (Å²) >= 11 is 7.59. The molecular formula is C19H21ClN2O2S. The summed E-state index contributed by atoms with van der Waals surface area (Å²) in [6, 6.07) is 13.3. The highest BCUT2D eigenvalue weighted by molar-refractivity contribution is 7.99. The van der Waals surface area contributed by atoms with Gasteiger partial charge >= 0.3 is 0 Å². The monoisotopic (exact) mass is 376 g/mol. The number of rotatable bonds is 7. The van der Waals surface area contributed by atoms with Crippen molar-refractivity contribution in [3.05, 3.63) is 58.6 Å². The van der Waals surface area contributed by atoms with Gasteiger partial charge in [-0.25, -0.2) is 0 Å². The molecule has 2 N–H and O–H groups in total. The van der Waals surface area contributed by atoms with E-state index in [4.69, 9.17) is 11.6 Å². The lowest BCUT2D eigenvalue weighted by Crippen LogP contribution is -2.33. The van der Waals surface area contributed by atoms with Crippen LogP contribution in [-0.2, 0) is 9.59 Å². The minimum absolute atomic E-state index is 0.0383. The molecule has 2 aromatic rings. The van der Waals surface area contributed by atoms with Gasteiger partial charge in [-0.05, 0) is 37.1 Å². The van der Waals surface area contributed by atoms with Crippen molar-refractivity contribution in [1.29, 1.82) is 0 Å². The molecule has 0 aromatic heterocycles. The van der Waals surface area contributed by atoms with E-state index in [9.17, 15) is 9.59 Å². The molecule has 2 aromatic carbocycles. The van der Waals surface area contributed by atoms with Crippen LogP contribution in [0.25, 0.3) is 0 Å². The van der Waals surface area contributed by atoms with Gasteiger partial charge in [0.1, 0.15) is 0 Å². The number of carbonyl (C=O) groups excluding carboxylic acids is 2. The maximum atomic E-state index is 12.0. The lowest BCUT2D eigenvalue weighted by atomic mass is 10.1.